The zero-order valence-electron chi connectivity index (χ0n) is 10.2. The first-order valence-electron chi connectivity index (χ1n) is 6.10. The maximum absolute atomic E-state index is 5.61. The first-order chi connectivity index (χ1) is 7.33. The highest BCUT2D eigenvalue weighted by Crippen LogP contribution is 2.32. The van der Waals surface area contributed by atoms with Gasteiger partial charge in [0.25, 0.3) is 0 Å². The van der Waals surface area contributed by atoms with Gasteiger partial charge in [0.15, 0.2) is 0 Å². The van der Waals surface area contributed by atoms with Crippen LogP contribution in [0.15, 0.2) is 0 Å². The molecule has 1 rings (SSSR count). The fourth-order valence-corrected chi connectivity index (χ4v) is 2.18. The maximum Gasteiger partial charge on any atom is 0.0487 e. The van der Waals surface area contributed by atoms with Crippen molar-refractivity contribution in [2.45, 2.75) is 32.6 Å². The third-order valence-electron chi connectivity index (χ3n) is 3.19. The molecule has 0 spiro atoms. The number of hydrogen-bond donors (Lipinski definition) is 1. The van der Waals surface area contributed by atoms with Crippen LogP contribution in [0.25, 0.3) is 0 Å². The highest BCUT2D eigenvalue weighted by Gasteiger charge is 2.35. The fraction of sp³-hybridized carbons (Fsp3) is 1.00. The lowest BCUT2D eigenvalue weighted by atomic mass is 9.75. The lowest BCUT2D eigenvalue weighted by Crippen LogP contribution is -2.53. The molecule has 1 N–H and O–H groups in total. The molecule has 0 aromatic carbocycles. The summed E-state index contributed by atoms with van der Waals surface area (Å²) in [5, 5.41) is 3.37. The van der Waals surface area contributed by atoms with Crippen LogP contribution in [0.5, 0.6) is 0 Å². The molecule has 1 fully saturated rings. The molecule has 1 aliphatic heterocycles. The second kappa shape index (κ2) is 7.20. The normalized spacial score (nSPS) is 18.8. The largest absolute Gasteiger partial charge is 0.385 e. The van der Waals surface area contributed by atoms with Gasteiger partial charge in [-0.1, -0.05) is 13.3 Å². The summed E-state index contributed by atoms with van der Waals surface area (Å²) >= 11 is 0. The van der Waals surface area contributed by atoms with E-state index in [2.05, 4.69) is 12.2 Å². The Morgan fingerprint density at radius 3 is 2.47 bits per heavy atom. The van der Waals surface area contributed by atoms with Crippen LogP contribution in [0.3, 0.4) is 0 Å². The quantitative estimate of drug-likeness (QED) is 0.595. The van der Waals surface area contributed by atoms with Gasteiger partial charge in [-0.25, -0.2) is 0 Å². The zero-order valence-corrected chi connectivity index (χ0v) is 10.2. The van der Waals surface area contributed by atoms with Gasteiger partial charge in [-0.05, 0) is 24.7 Å². The monoisotopic (exact) mass is 215 g/mol. The standard InChI is InChI=1S/C12H25NO2/c1-3-5-12(10-13-11-12)6-9-15-8-4-7-14-2/h13H,3-11H2,1-2H3. The van der Waals surface area contributed by atoms with E-state index in [-0.39, 0.29) is 0 Å². The smallest absolute Gasteiger partial charge is 0.0487 e. The molecule has 1 heterocycles. The minimum Gasteiger partial charge on any atom is -0.385 e. The Bertz CT molecular complexity index is 158. The Balaban J connectivity index is 1.98. The molecule has 0 saturated carbocycles. The Hall–Kier alpha value is -0.120. The lowest BCUT2D eigenvalue weighted by molar-refractivity contribution is 0.0504. The van der Waals surface area contributed by atoms with Gasteiger partial charge in [-0.2, -0.15) is 0 Å². The molecule has 0 radical (unpaired) electrons. The molecule has 1 aliphatic rings. The van der Waals surface area contributed by atoms with E-state index in [4.69, 9.17) is 9.47 Å². The van der Waals surface area contributed by atoms with Crippen molar-refractivity contribution in [1.29, 1.82) is 0 Å². The second-order valence-corrected chi connectivity index (χ2v) is 4.56. The predicted molar refractivity (Wildman–Crippen MR) is 62.1 cm³/mol. The average molecular weight is 215 g/mol. The highest BCUT2D eigenvalue weighted by molar-refractivity contribution is 4.91. The Morgan fingerprint density at radius 1 is 1.13 bits per heavy atom. The number of rotatable bonds is 9. The van der Waals surface area contributed by atoms with E-state index in [0.29, 0.717) is 5.41 Å². The molecule has 0 amide bonds. The maximum atomic E-state index is 5.61. The minimum absolute atomic E-state index is 0.552. The first kappa shape index (κ1) is 12.9. The van der Waals surface area contributed by atoms with Crippen LogP contribution in [0.4, 0.5) is 0 Å². The van der Waals surface area contributed by atoms with Crippen molar-refractivity contribution < 1.29 is 9.47 Å². The van der Waals surface area contributed by atoms with E-state index in [9.17, 15) is 0 Å². The van der Waals surface area contributed by atoms with Crippen LogP contribution >= 0.6 is 0 Å². The molecule has 0 aromatic rings. The van der Waals surface area contributed by atoms with Gasteiger partial charge in [0.05, 0.1) is 0 Å². The highest BCUT2D eigenvalue weighted by atomic mass is 16.5. The van der Waals surface area contributed by atoms with Crippen molar-refractivity contribution in [3.8, 4) is 0 Å². The summed E-state index contributed by atoms with van der Waals surface area (Å²) in [6, 6.07) is 0. The van der Waals surface area contributed by atoms with Gasteiger partial charge in [0.1, 0.15) is 0 Å². The molecule has 0 aromatic heterocycles. The van der Waals surface area contributed by atoms with Crippen LogP contribution in [0.2, 0.25) is 0 Å². The molecule has 90 valence electrons. The Morgan fingerprint density at radius 2 is 1.93 bits per heavy atom. The average Bonchev–Trinajstić information content (AvgIpc) is 2.19. The van der Waals surface area contributed by atoms with Crippen LogP contribution in [-0.4, -0.2) is 40.0 Å². The third kappa shape index (κ3) is 4.49. The molecule has 3 heteroatoms. The van der Waals surface area contributed by atoms with Crippen molar-refractivity contribution in [2.24, 2.45) is 5.41 Å². The third-order valence-corrected chi connectivity index (χ3v) is 3.19. The summed E-state index contributed by atoms with van der Waals surface area (Å²) < 4.78 is 10.6. The topological polar surface area (TPSA) is 30.5 Å². The summed E-state index contributed by atoms with van der Waals surface area (Å²) in [5.74, 6) is 0. The SMILES string of the molecule is CCCC1(CCOCCCOC)CNC1. The van der Waals surface area contributed by atoms with Crippen molar-refractivity contribution in [2.75, 3.05) is 40.0 Å². The second-order valence-electron chi connectivity index (χ2n) is 4.56. The Kier molecular flexibility index (Phi) is 6.22. The summed E-state index contributed by atoms with van der Waals surface area (Å²) in [7, 11) is 1.73. The van der Waals surface area contributed by atoms with Crippen molar-refractivity contribution in [3.05, 3.63) is 0 Å². The van der Waals surface area contributed by atoms with Gasteiger partial charge < -0.3 is 14.8 Å². The van der Waals surface area contributed by atoms with Crippen molar-refractivity contribution in [3.63, 3.8) is 0 Å². The van der Waals surface area contributed by atoms with Crippen LogP contribution < -0.4 is 5.32 Å². The number of hydrogen-bond acceptors (Lipinski definition) is 3. The first-order valence-corrected chi connectivity index (χ1v) is 6.10. The van der Waals surface area contributed by atoms with Gasteiger partial charge >= 0.3 is 0 Å². The van der Waals surface area contributed by atoms with Gasteiger partial charge in [0, 0.05) is 40.0 Å². The Labute approximate surface area is 93.5 Å². The van der Waals surface area contributed by atoms with Crippen LogP contribution in [-0.2, 0) is 9.47 Å². The fourth-order valence-electron chi connectivity index (χ4n) is 2.18. The summed E-state index contributed by atoms with van der Waals surface area (Å²) in [6.45, 7) is 7.18. The van der Waals surface area contributed by atoms with E-state index in [1.807, 2.05) is 0 Å². The molecule has 0 unspecified atom stereocenters. The summed E-state index contributed by atoms with van der Waals surface area (Å²) in [4.78, 5) is 0. The molecule has 0 bridgehead atoms. The molecule has 1 saturated heterocycles. The van der Waals surface area contributed by atoms with E-state index in [0.717, 1.165) is 26.2 Å². The lowest BCUT2D eigenvalue weighted by Gasteiger charge is -2.43. The predicted octanol–water partition coefficient (Wildman–Crippen LogP) is 1.82. The van der Waals surface area contributed by atoms with E-state index in [1.54, 1.807) is 7.11 Å². The van der Waals surface area contributed by atoms with Crippen LogP contribution in [0.1, 0.15) is 32.6 Å². The van der Waals surface area contributed by atoms with Gasteiger partial charge in [0.2, 0.25) is 0 Å². The van der Waals surface area contributed by atoms with Crippen LogP contribution in [0, 0.1) is 5.41 Å². The molecule has 15 heavy (non-hydrogen) atoms. The molecule has 3 nitrogen and oxygen atoms in total. The van der Waals surface area contributed by atoms with Crippen molar-refractivity contribution >= 4 is 0 Å². The number of nitrogens with one attached hydrogen (secondary N) is 1. The molecule has 0 atom stereocenters. The molecular weight excluding hydrogens is 190 g/mol. The summed E-state index contributed by atoms with van der Waals surface area (Å²) in [5.41, 5.74) is 0.552. The van der Waals surface area contributed by atoms with E-state index in [1.165, 1.54) is 32.4 Å². The van der Waals surface area contributed by atoms with E-state index < -0.39 is 0 Å². The number of ether oxygens (including phenoxy) is 2. The molecule has 0 aliphatic carbocycles. The zero-order chi connectivity index (χ0) is 11.0. The van der Waals surface area contributed by atoms with Gasteiger partial charge in [-0.15, -0.1) is 0 Å². The molecular formula is C12H25NO2. The van der Waals surface area contributed by atoms with Crippen molar-refractivity contribution in [1.82, 2.24) is 5.32 Å². The van der Waals surface area contributed by atoms with Gasteiger partial charge in [-0.3, -0.25) is 0 Å². The summed E-state index contributed by atoms with van der Waals surface area (Å²) in [6.07, 6.45) is 4.84. The van der Waals surface area contributed by atoms with E-state index >= 15 is 0 Å². The minimum atomic E-state index is 0.552. The number of methoxy groups -OCH3 is 1.